The zero-order valence-corrected chi connectivity index (χ0v) is 14.4. The summed E-state index contributed by atoms with van der Waals surface area (Å²) in [6.45, 7) is 0.549. The lowest BCUT2D eigenvalue weighted by Crippen LogP contribution is -2.51. The maximum Gasteiger partial charge on any atom is 0.315 e. The van der Waals surface area contributed by atoms with Crippen molar-refractivity contribution in [3.05, 3.63) is 0 Å². The highest BCUT2D eigenvalue weighted by Crippen LogP contribution is 2.33. The van der Waals surface area contributed by atoms with Crippen molar-refractivity contribution in [3.63, 3.8) is 0 Å². The smallest absolute Gasteiger partial charge is 0.315 e. The number of hydrogen-bond acceptors (Lipinski definition) is 4. The van der Waals surface area contributed by atoms with E-state index in [1.165, 1.54) is 12.8 Å². The van der Waals surface area contributed by atoms with Gasteiger partial charge in [-0.2, -0.15) is 11.8 Å². The Morgan fingerprint density at radius 2 is 2.09 bits per heavy atom. The highest BCUT2D eigenvalue weighted by molar-refractivity contribution is 8.00. The monoisotopic (exact) mass is 340 g/mol. The van der Waals surface area contributed by atoms with E-state index >= 15 is 0 Å². The van der Waals surface area contributed by atoms with Crippen LogP contribution in [0.2, 0.25) is 0 Å². The summed E-state index contributed by atoms with van der Waals surface area (Å²) in [7, 11) is 0. The first-order chi connectivity index (χ1) is 11.1. The molecule has 130 valence electrons. The molecule has 3 atom stereocenters. The van der Waals surface area contributed by atoms with Crippen LogP contribution in [0, 0.1) is 0 Å². The maximum atomic E-state index is 12.1. The summed E-state index contributed by atoms with van der Waals surface area (Å²) in [4.78, 5) is 23.5. The van der Waals surface area contributed by atoms with Crippen LogP contribution in [-0.4, -0.2) is 47.1 Å². The third kappa shape index (κ3) is 3.94. The van der Waals surface area contributed by atoms with Gasteiger partial charge in [0.15, 0.2) is 0 Å². The number of fused-ring (bicyclic) bond motifs is 1. The molecule has 2 saturated heterocycles. The second-order valence-corrected chi connectivity index (χ2v) is 8.38. The highest BCUT2D eigenvalue weighted by atomic mass is 32.2. The standard InChI is InChI=1S/C16H28N4O2S/c17-10-16(7-3-4-8-16)20-13(21)6-2-1-5-12-14-11(9-23-12)18-15(22)19-14/h11-12,14H,1-10,17H2,(H,20,21)(H2,18,19,22)/t11-,12-,14-/m0/s1. The van der Waals surface area contributed by atoms with Gasteiger partial charge in [0.25, 0.3) is 0 Å². The van der Waals surface area contributed by atoms with Crippen molar-refractivity contribution in [2.75, 3.05) is 12.3 Å². The Morgan fingerprint density at radius 1 is 1.30 bits per heavy atom. The molecule has 2 heterocycles. The number of carbonyl (C=O) groups is 2. The van der Waals surface area contributed by atoms with Crippen LogP contribution in [0.1, 0.15) is 51.4 Å². The third-order valence-electron chi connectivity index (χ3n) is 5.44. The van der Waals surface area contributed by atoms with Gasteiger partial charge in [0.1, 0.15) is 0 Å². The van der Waals surface area contributed by atoms with E-state index in [4.69, 9.17) is 5.73 Å². The first-order valence-electron chi connectivity index (χ1n) is 8.82. The largest absolute Gasteiger partial charge is 0.349 e. The van der Waals surface area contributed by atoms with E-state index < -0.39 is 0 Å². The molecule has 3 aliphatic rings. The molecule has 2 aliphatic heterocycles. The van der Waals surface area contributed by atoms with Crippen molar-refractivity contribution in [3.8, 4) is 0 Å². The molecular formula is C16H28N4O2S. The lowest BCUT2D eigenvalue weighted by Gasteiger charge is -2.28. The van der Waals surface area contributed by atoms with Crippen molar-refractivity contribution in [2.24, 2.45) is 5.73 Å². The van der Waals surface area contributed by atoms with Crippen LogP contribution in [0.25, 0.3) is 0 Å². The molecule has 0 aromatic carbocycles. The van der Waals surface area contributed by atoms with Gasteiger partial charge >= 0.3 is 6.03 Å². The summed E-state index contributed by atoms with van der Waals surface area (Å²) in [6, 6.07) is 0.515. The SMILES string of the molecule is NCC1(NC(=O)CCCC[C@@H]2SC[C@@H]3NC(=O)N[C@@H]32)CCCC1. The van der Waals surface area contributed by atoms with Crippen LogP contribution in [0.4, 0.5) is 4.79 Å². The molecule has 0 aromatic heterocycles. The number of thioether (sulfide) groups is 1. The number of carbonyl (C=O) groups excluding carboxylic acids is 2. The second-order valence-electron chi connectivity index (χ2n) is 7.11. The lowest BCUT2D eigenvalue weighted by molar-refractivity contribution is -0.123. The minimum Gasteiger partial charge on any atom is -0.349 e. The van der Waals surface area contributed by atoms with Gasteiger partial charge in [-0.05, 0) is 25.7 Å². The molecule has 6 nitrogen and oxygen atoms in total. The molecule has 3 amide bonds. The second kappa shape index (κ2) is 7.30. The number of nitrogens with two attached hydrogens (primary N) is 1. The summed E-state index contributed by atoms with van der Waals surface area (Å²) in [5, 5.41) is 9.63. The molecule has 23 heavy (non-hydrogen) atoms. The number of unbranched alkanes of at least 4 members (excludes halogenated alkanes) is 1. The van der Waals surface area contributed by atoms with Crippen molar-refractivity contribution in [1.82, 2.24) is 16.0 Å². The van der Waals surface area contributed by atoms with Gasteiger partial charge in [0, 0.05) is 24.0 Å². The van der Waals surface area contributed by atoms with Gasteiger partial charge in [-0.3, -0.25) is 4.79 Å². The fraction of sp³-hybridized carbons (Fsp3) is 0.875. The van der Waals surface area contributed by atoms with Gasteiger partial charge in [0.2, 0.25) is 5.91 Å². The summed E-state index contributed by atoms with van der Waals surface area (Å²) < 4.78 is 0. The summed E-state index contributed by atoms with van der Waals surface area (Å²) in [5.41, 5.74) is 5.72. The fourth-order valence-corrected chi connectivity index (χ4v) is 5.61. The van der Waals surface area contributed by atoms with E-state index in [-0.39, 0.29) is 29.6 Å². The van der Waals surface area contributed by atoms with Gasteiger partial charge in [-0.15, -0.1) is 0 Å². The molecule has 0 aromatic rings. The molecule has 3 fully saturated rings. The maximum absolute atomic E-state index is 12.1. The van der Waals surface area contributed by atoms with Crippen LogP contribution >= 0.6 is 11.8 Å². The third-order valence-corrected chi connectivity index (χ3v) is 6.95. The summed E-state index contributed by atoms with van der Waals surface area (Å²) in [6.07, 6.45) is 7.94. The molecular weight excluding hydrogens is 312 g/mol. The van der Waals surface area contributed by atoms with Crippen LogP contribution in [-0.2, 0) is 4.79 Å². The predicted molar refractivity (Wildman–Crippen MR) is 92.4 cm³/mol. The van der Waals surface area contributed by atoms with Crippen LogP contribution in [0.15, 0.2) is 0 Å². The van der Waals surface area contributed by atoms with Crippen molar-refractivity contribution in [2.45, 2.75) is 74.2 Å². The molecule has 0 radical (unpaired) electrons. The summed E-state index contributed by atoms with van der Waals surface area (Å²) >= 11 is 1.93. The van der Waals surface area contributed by atoms with E-state index in [0.717, 1.165) is 37.9 Å². The summed E-state index contributed by atoms with van der Waals surface area (Å²) in [5.74, 6) is 1.14. The van der Waals surface area contributed by atoms with Gasteiger partial charge in [0.05, 0.1) is 17.6 Å². The molecule has 0 spiro atoms. The van der Waals surface area contributed by atoms with Crippen LogP contribution < -0.4 is 21.7 Å². The first-order valence-corrected chi connectivity index (χ1v) is 9.86. The molecule has 0 unspecified atom stereocenters. The van der Waals surface area contributed by atoms with E-state index in [0.29, 0.717) is 18.2 Å². The zero-order chi connectivity index (χ0) is 16.3. The Bertz CT molecular complexity index is 453. The Labute approximate surface area is 142 Å². The quantitative estimate of drug-likeness (QED) is 0.412. The number of amides is 3. The number of hydrogen-bond donors (Lipinski definition) is 4. The van der Waals surface area contributed by atoms with E-state index in [1.807, 2.05) is 11.8 Å². The topological polar surface area (TPSA) is 96.2 Å². The molecule has 7 heteroatoms. The highest BCUT2D eigenvalue weighted by Gasteiger charge is 2.42. The molecule has 3 rings (SSSR count). The van der Waals surface area contributed by atoms with E-state index in [1.54, 1.807) is 0 Å². The normalized spacial score (nSPS) is 31.5. The Kier molecular flexibility index (Phi) is 5.36. The molecule has 0 bridgehead atoms. The number of rotatable bonds is 7. The number of nitrogens with one attached hydrogen (secondary N) is 3. The van der Waals surface area contributed by atoms with Crippen molar-refractivity contribution in [1.29, 1.82) is 0 Å². The molecule has 1 aliphatic carbocycles. The number of urea groups is 1. The van der Waals surface area contributed by atoms with Crippen LogP contribution in [0.5, 0.6) is 0 Å². The lowest BCUT2D eigenvalue weighted by atomic mass is 9.97. The van der Waals surface area contributed by atoms with Gasteiger partial charge in [-0.1, -0.05) is 19.3 Å². The minimum atomic E-state index is -0.134. The Hall–Kier alpha value is -0.950. The molecule has 5 N–H and O–H groups in total. The fourth-order valence-electron chi connectivity index (χ4n) is 4.06. The average molecular weight is 340 g/mol. The Morgan fingerprint density at radius 3 is 2.83 bits per heavy atom. The Balaban J connectivity index is 1.34. The average Bonchev–Trinajstić information content (AvgIpc) is 3.21. The van der Waals surface area contributed by atoms with E-state index in [9.17, 15) is 9.59 Å². The zero-order valence-electron chi connectivity index (χ0n) is 13.6. The van der Waals surface area contributed by atoms with Crippen LogP contribution in [0.3, 0.4) is 0 Å². The first kappa shape index (κ1) is 16.9. The van der Waals surface area contributed by atoms with Gasteiger partial charge in [-0.25, -0.2) is 4.79 Å². The van der Waals surface area contributed by atoms with Crippen molar-refractivity contribution < 1.29 is 9.59 Å². The van der Waals surface area contributed by atoms with Gasteiger partial charge < -0.3 is 21.7 Å². The minimum absolute atomic E-state index is 0.0340. The predicted octanol–water partition coefficient (Wildman–Crippen LogP) is 1.10. The molecule has 1 saturated carbocycles. The van der Waals surface area contributed by atoms with Crippen molar-refractivity contribution >= 4 is 23.7 Å². The van der Waals surface area contributed by atoms with E-state index in [2.05, 4.69) is 16.0 Å².